The first-order valence-electron chi connectivity index (χ1n) is 7.53. The van der Waals surface area contributed by atoms with Crippen LogP contribution in [-0.2, 0) is 14.9 Å². The molecule has 1 aromatic carbocycles. The summed E-state index contributed by atoms with van der Waals surface area (Å²) in [5, 5.41) is 3.33. The second-order valence-corrected chi connectivity index (χ2v) is 6.05. The Kier molecular flexibility index (Phi) is 4.81. The molecule has 1 heterocycles. The number of ether oxygens (including phenoxy) is 1. The van der Waals surface area contributed by atoms with E-state index in [1.54, 1.807) is 0 Å². The van der Waals surface area contributed by atoms with Crippen molar-refractivity contribution in [1.29, 1.82) is 0 Å². The normalized spacial score (nSPS) is 19.6. The summed E-state index contributed by atoms with van der Waals surface area (Å²) in [6.45, 7) is 7.85. The van der Waals surface area contributed by atoms with E-state index in [0.29, 0.717) is 5.92 Å². The molecule has 1 aliphatic rings. The molecular formula is C17H25NO2. The highest BCUT2D eigenvalue weighted by Gasteiger charge is 2.43. The Morgan fingerprint density at radius 2 is 1.75 bits per heavy atom. The molecule has 0 spiro atoms. The molecule has 0 bridgehead atoms. The summed E-state index contributed by atoms with van der Waals surface area (Å²) in [6.07, 6.45) is 1.57. The van der Waals surface area contributed by atoms with E-state index in [1.807, 2.05) is 37.3 Å². The van der Waals surface area contributed by atoms with E-state index in [0.717, 1.165) is 31.5 Å². The van der Waals surface area contributed by atoms with Gasteiger partial charge in [0, 0.05) is 0 Å². The Morgan fingerprint density at radius 3 is 2.30 bits per heavy atom. The van der Waals surface area contributed by atoms with Crippen molar-refractivity contribution in [2.45, 2.75) is 45.1 Å². The van der Waals surface area contributed by atoms with E-state index in [1.165, 1.54) is 0 Å². The summed E-state index contributed by atoms with van der Waals surface area (Å²) in [5.74, 6) is 0.278. The molecule has 1 atom stereocenters. The number of hydrogen-bond donors (Lipinski definition) is 1. The lowest BCUT2D eigenvalue weighted by Gasteiger charge is -2.37. The summed E-state index contributed by atoms with van der Waals surface area (Å²) in [7, 11) is 0. The predicted molar refractivity (Wildman–Crippen MR) is 80.6 cm³/mol. The molecule has 1 fully saturated rings. The van der Waals surface area contributed by atoms with Gasteiger partial charge in [0.2, 0.25) is 0 Å². The Balaban J connectivity index is 2.26. The molecule has 3 nitrogen and oxygen atoms in total. The average Bonchev–Trinajstić information content (AvgIpc) is 2.48. The molecule has 3 heteroatoms. The van der Waals surface area contributed by atoms with Gasteiger partial charge in [-0.3, -0.25) is 4.79 Å². The fourth-order valence-electron chi connectivity index (χ4n) is 2.64. The lowest BCUT2D eigenvalue weighted by atomic mass is 9.73. The monoisotopic (exact) mass is 275 g/mol. The lowest BCUT2D eigenvalue weighted by molar-refractivity contribution is -0.158. The fraction of sp³-hybridized carbons (Fsp3) is 0.588. The lowest BCUT2D eigenvalue weighted by Crippen LogP contribution is -2.47. The first kappa shape index (κ1) is 15.0. The number of benzene rings is 1. The van der Waals surface area contributed by atoms with Crippen LogP contribution in [0.25, 0.3) is 0 Å². The minimum atomic E-state index is -0.477. The Morgan fingerprint density at radius 1 is 1.15 bits per heavy atom. The second kappa shape index (κ2) is 6.40. The SMILES string of the molecule is CC(C)C(C)OC(=O)C1(c2ccccc2)CCNCC1. The van der Waals surface area contributed by atoms with Crippen molar-refractivity contribution in [3.05, 3.63) is 35.9 Å². The molecule has 20 heavy (non-hydrogen) atoms. The number of nitrogens with one attached hydrogen (secondary N) is 1. The number of esters is 1. The van der Waals surface area contributed by atoms with Gasteiger partial charge < -0.3 is 10.1 Å². The highest BCUT2D eigenvalue weighted by atomic mass is 16.5. The van der Waals surface area contributed by atoms with Gasteiger partial charge in [0.1, 0.15) is 6.10 Å². The van der Waals surface area contributed by atoms with Gasteiger partial charge in [-0.15, -0.1) is 0 Å². The first-order chi connectivity index (χ1) is 9.56. The van der Waals surface area contributed by atoms with Crippen molar-refractivity contribution < 1.29 is 9.53 Å². The zero-order valence-corrected chi connectivity index (χ0v) is 12.7. The van der Waals surface area contributed by atoms with Crippen molar-refractivity contribution in [3.8, 4) is 0 Å². The van der Waals surface area contributed by atoms with Crippen LogP contribution in [0.1, 0.15) is 39.2 Å². The highest BCUT2D eigenvalue weighted by Crippen LogP contribution is 2.35. The van der Waals surface area contributed by atoms with Crippen molar-refractivity contribution in [2.24, 2.45) is 5.92 Å². The zero-order valence-electron chi connectivity index (χ0n) is 12.7. The number of hydrogen-bond acceptors (Lipinski definition) is 3. The van der Waals surface area contributed by atoms with Gasteiger partial charge >= 0.3 is 5.97 Å². The molecule has 0 amide bonds. The Labute approximate surface area is 121 Å². The number of carbonyl (C=O) groups is 1. The third-order valence-electron chi connectivity index (χ3n) is 4.41. The van der Waals surface area contributed by atoms with E-state index in [-0.39, 0.29) is 12.1 Å². The smallest absolute Gasteiger partial charge is 0.316 e. The van der Waals surface area contributed by atoms with Crippen LogP contribution < -0.4 is 5.32 Å². The Bertz CT molecular complexity index is 436. The molecule has 1 aromatic rings. The summed E-state index contributed by atoms with van der Waals surface area (Å²) < 4.78 is 5.74. The van der Waals surface area contributed by atoms with Crippen molar-refractivity contribution in [1.82, 2.24) is 5.32 Å². The van der Waals surface area contributed by atoms with Crippen LogP contribution in [-0.4, -0.2) is 25.2 Å². The van der Waals surface area contributed by atoms with Gasteiger partial charge in [-0.2, -0.15) is 0 Å². The highest BCUT2D eigenvalue weighted by molar-refractivity contribution is 5.83. The third-order valence-corrected chi connectivity index (χ3v) is 4.41. The molecule has 110 valence electrons. The molecule has 1 saturated heterocycles. The molecule has 0 aliphatic carbocycles. The molecule has 2 rings (SSSR count). The van der Waals surface area contributed by atoms with Crippen molar-refractivity contribution >= 4 is 5.97 Å². The quantitative estimate of drug-likeness (QED) is 0.859. The van der Waals surface area contributed by atoms with Gasteiger partial charge in [-0.05, 0) is 44.3 Å². The first-order valence-corrected chi connectivity index (χ1v) is 7.53. The molecule has 0 aromatic heterocycles. The fourth-order valence-corrected chi connectivity index (χ4v) is 2.64. The van der Waals surface area contributed by atoms with E-state index in [2.05, 4.69) is 19.2 Å². The summed E-state index contributed by atoms with van der Waals surface area (Å²) in [6, 6.07) is 10.1. The predicted octanol–water partition coefficient (Wildman–Crippen LogP) is 2.90. The van der Waals surface area contributed by atoms with E-state index in [9.17, 15) is 4.79 Å². The number of carbonyl (C=O) groups excluding carboxylic acids is 1. The summed E-state index contributed by atoms with van der Waals surface area (Å²) in [5.41, 5.74) is 0.609. The third kappa shape index (κ3) is 3.04. The van der Waals surface area contributed by atoms with Crippen LogP contribution in [0.2, 0.25) is 0 Å². The number of piperidine rings is 1. The molecule has 1 N–H and O–H groups in total. The van der Waals surface area contributed by atoms with Crippen LogP contribution >= 0.6 is 0 Å². The standard InChI is InChI=1S/C17H25NO2/c1-13(2)14(3)20-16(19)17(9-11-18-12-10-17)15-7-5-4-6-8-15/h4-8,13-14,18H,9-12H2,1-3H3. The maximum absolute atomic E-state index is 12.8. The largest absolute Gasteiger partial charge is 0.462 e. The molecule has 0 saturated carbocycles. The van der Waals surface area contributed by atoms with E-state index in [4.69, 9.17) is 4.74 Å². The van der Waals surface area contributed by atoms with Crippen LogP contribution in [0, 0.1) is 5.92 Å². The van der Waals surface area contributed by atoms with Crippen molar-refractivity contribution in [3.63, 3.8) is 0 Å². The average molecular weight is 275 g/mol. The molecule has 1 aliphatic heterocycles. The molecular weight excluding hydrogens is 250 g/mol. The van der Waals surface area contributed by atoms with Gasteiger partial charge in [0.05, 0.1) is 5.41 Å². The van der Waals surface area contributed by atoms with Gasteiger partial charge in [-0.1, -0.05) is 44.2 Å². The second-order valence-electron chi connectivity index (χ2n) is 6.05. The number of rotatable bonds is 4. The summed E-state index contributed by atoms with van der Waals surface area (Å²) >= 11 is 0. The summed E-state index contributed by atoms with van der Waals surface area (Å²) in [4.78, 5) is 12.8. The topological polar surface area (TPSA) is 38.3 Å². The van der Waals surface area contributed by atoms with Gasteiger partial charge in [0.25, 0.3) is 0 Å². The minimum absolute atomic E-state index is 0.0435. The van der Waals surface area contributed by atoms with E-state index < -0.39 is 5.41 Å². The minimum Gasteiger partial charge on any atom is -0.462 e. The molecule has 1 unspecified atom stereocenters. The van der Waals surface area contributed by atoms with Crippen molar-refractivity contribution in [2.75, 3.05) is 13.1 Å². The van der Waals surface area contributed by atoms with Crippen LogP contribution in [0.15, 0.2) is 30.3 Å². The van der Waals surface area contributed by atoms with Gasteiger partial charge in [0.15, 0.2) is 0 Å². The zero-order chi connectivity index (χ0) is 14.6. The maximum atomic E-state index is 12.8. The van der Waals surface area contributed by atoms with Gasteiger partial charge in [-0.25, -0.2) is 0 Å². The van der Waals surface area contributed by atoms with E-state index >= 15 is 0 Å². The van der Waals surface area contributed by atoms with Crippen LogP contribution in [0.5, 0.6) is 0 Å². The van der Waals surface area contributed by atoms with Crippen LogP contribution in [0.3, 0.4) is 0 Å². The Hall–Kier alpha value is -1.35. The van der Waals surface area contributed by atoms with Crippen LogP contribution in [0.4, 0.5) is 0 Å². The molecule has 0 radical (unpaired) electrons. The maximum Gasteiger partial charge on any atom is 0.316 e.